The number of hydrogen-bond donors (Lipinski definition) is 5. The van der Waals surface area contributed by atoms with Gasteiger partial charge in [-0.3, -0.25) is 14.4 Å². The monoisotopic (exact) mass is 1020 g/mol. The van der Waals surface area contributed by atoms with Crippen molar-refractivity contribution in [3.63, 3.8) is 0 Å². The summed E-state index contributed by atoms with van der Waals surface area (Å²) < 4.78 is 24.5. The van der Waals surface area contributed by atoms with Gasteiger partial charge in [0, 0.05) is 52.4 Å². The molecule has 5 N–H and O–H groups in total. The molecule has 3 atom stereocenters. The van der Waals surface area contributed by atoms with E-state index in [4.69, 9.17) is 19.7 Å². The third-order valence-electron chi connectivity index (χ3n) is 13.0. The number of ketones is 1. The summed E-state index contributed by atoms with van der Waals surface area (Å²) in [7, 11) is 0. The van der Waals surface area contributed by atoms with E-state index >= 15 is 0 Å². The molecule has 0 radical (unpaired) electrons. The summed E-state index contributed by atoms with van der Waals surface area (Å²) in [6.07, 6.45) is 20.1. The average molecular weight is 1020 g/mol. The van der Waals surface area contributed by atoms with Crippen LogP contribution in [0, 0.1) is 17.8 Å². The predicted octanol–water partition coefficient (Wildman–Crippen LogP) is 10.8. The molecule has 0 aromatic rings. The Balaban J connectivity index is 0.00000101. The maximum Gasteiger partial charge on any atom is 0.0431 e. The first-order chi connectivity index (χ1) is 29.6. The molecule has 0 amide bonds. The van der Waals surface area contributed by atoms with E-state index in [2.05, 4.69) is 113 Å². The first-order valence-electron chi connectivity index (χ1n) is 25.6. The molecule has 3 rings (SSSR count). The van der Waals surface area contributed by atoms with E-state index in [0.29, 0.717) is 32.2 Å². The van der Waals surface area contributed by atoms with E-state index < -0.39 is 19.7 Å². The molecule has 3 unspecified atom stereocenters. The van der Waals surface area contributed by atoms with Gasteiger partial charge in [0.2, 0.25) is 0 Å². The minimum Gasteiger partial charge on any atom is -0.396 e. The average Bonchev–Trinajstić information content (AvgIpc) is 3.67. The third kappa shape index (κ3) is 27.1. The van der Waals surface area contributed by atoms with Gasteiger partial charge in [-0.2, -0.15) is 0 Å². The van der Waals surface area contributed by atoms with Gasteiger partial charge in [-0.1, -0.05) is 51.4 Å². The Hall–Kier alpha value is -0.991. The van der Waals surface area contributed by atoms with Crippen LogP contribution in [0.1, 0.15) is 226 Å². The molecule has 0 aromatic carbocycles. The smallest absolute Gasteiger partial charge is 0.0431 e. The Morgan fingerprint density at radius 1 is 0.484 bits per heavy atom. The standard InChI is InChI=1S/C26H48N2O4.C10H19NO.C8H18O2.2C4H9.O.Sn/c1-23(2)17-19(25(5,6)27-23)21(29)31-15-13-11-9-10-12-14-16-32-22(30)20-18-24(3,4)28-26(20,7)8;1-7(12)8-6-9(2,3)11-10(8,4)5;9-7-5-3-1-2-4-6-8-10;2*1-3-4-2;;/h19-20,27-28H,9-18H2,1-8H3;8,11H,6H2,1-5H3;9-10H,1-8H2;2*1,3-4H2,2H3;;. The molecule has 0 bridgehead atoms. The molecule has 3 saturated heterocycles. The number of rotatable bonds is 25. The van der Waals surface area contributed by atoms with Crippen molar-refractivity contribution in [1.82, 2.24) is 16.0 Å². The van der Waals surface area contributed by atoms with Crippen molar-refractivity contribution in [1.29, 1.82) is 0 Å². The molecular formula is C52H103N3O8Sn. The molecule has 3 fully saturated rings. The molecule has 3 aliphatic rings. The number of esters is 2. The van der Waals surface area contributed by atoms with Crippen molar-refractivity contribution in [2.45, 2.75) is 268 Å². The first-order valence-corrected chi connectivity index (χ1v) is 30.8. The summed E-state index contributed by atoms with van der Waals surface area (Å²) >= 11 is -1.99. The van der Waals surface area contributed by atoms with Crippen molar-refractivity contribution in [3.8, 4) is 0 Å². The minimum atomic E-state index is -1.99. The fraction of sp³-hybridized carbons (Fsp3) is 0.942. The van der Waals surface area contributed by atoms with Gasteiger partial charge in [-0.15, -0.1) is 0 Å². The van der Waals surface area contributed by atoms with Gasteiger partial charge in [0.1, 0.15) is 5.78 Å². The summed E-state index contributed by atoms with van der Waals surface area (Å²) in [5, 5.41) is 27.4. The number of carbonyl (C=O) groups excluding carboxylic acids is 3. The molecule has 12 heteroatoms. The zero-order chi connectivity index (χ0) is 49.3. The normalized spacial score (nSPS) is 22.7. The summed E-state index contributed by atoms with van der Waals surface area (Å²) in [4.78, 5) is 36.3. The first kappa shape index (κ1) is 63.0. The Labute approximate surface area is 400 Å². The number of nitrogens with one attached hydrogen (secondary N) is 3. The second kappa shape index (κ2) is 31.2. The number of aliphatic hydroxyl groups is 2. The van der Waals surface area contributed by atoms with Gasteiger partial charge in [0.25, 0.3) is 0 Å². The SMILES string of the molecule is CC(=O)C1CC(C)(C)NC1(C)C.CC1(C)CC(C(=O)OCCCCCCCCOC(=O)C2CC(C)(C)NC2(C)C)C(C)(C)N1.CCC[CH2][Sn](=[O])[CH2]CCC.OCCCCCCCCO. The molecule has 3 heterocycles. The van der Waals surface area contributed by atoms with Gasteiger partial charge < -0.3 is 35.6 Å². The third-order valence-corrected chi connectivity index (χ3v) is 18.2. The van der Waals surface area contributed by atoms with Crippen LogP contribution in [0.3, 0.4) is 0 Å². The van der Waals surface area contributed by atoms with Gasteiger partial charge in [0.05, 0.1) is 25.0 Å². The maximum atomic E-state index is 12.5. The summed E-state index contributed by atoms with van der Waals surface area (Å²) in [6.45, 7) is 33.0. The van der Waals surface area contributed by atoms with E-state index in [0.717, 1.165) is 92.3 Å². The van der Waals surface area contributed by atoms with Gasteiger partial charge in [-0.05, 0) is 135 Å². The van der Waals surface area contributed by atoms with Crippen LogP contribution in [-0.2, 0) is 26.9 Å². The molecule has 0 saturated carbocycles. The Morgan fingerprint density at radius 3 is 1.00 bits per heavy atom. The van der Waals surface area contributed by atoms with Crippen LogP contribution in [0.2, 0.25) is 8.87 Å². The molecule has 11 nitrogen and oxygen atoms in total. The van der Waals surface area contributed by atoms with Crippen LogP contribution in [0.15, 0.2) is 0 Å². The van der Waals surface area contributed by atoms with Crippen LogP contribution >= 0.6 is 0 Å². The maximum absolute atomic E-state index is 12.5. The second-order valence-electron chi connectivity index (χ2n) is 22.8. The number of unbranched alkanes of at least 4 members (excludes halogenated alkanes) is 12. The predicted molar refractivity (Wildman–Crippen MR) is 266 cm³/mol. The number of hydrogen-bond acceptors (Lipinski definition) is 11. The fourth-order valence-corrected chi connectivity index (χ4v) is 15.0. The Bertz CT molecular complexity index is 1260. The molecule has 0 spiro atoms. The summed E-state index contributed by atoms with van der Waals surface area (Å²) in [6, 6.07) is 0. The largest absolute Gasteiger partial charge is 0.396 e. The van der Waals surface area contributed by atoms with E-state index in [1.807, 2.05) is 0 Å². The Kier molecular flexibility index (Phi) is 30.7. The topological polar surface area (TPSA) is 163 Å². The number of Topliss-reactive ketones (excluding diaryl/α,β-unsaturated/α-hetero) is 1. The van der Waals surface area contributed by atoms with E-state index in [9.17, 15) is 17.5 Å². The van der Waals surface area contributed by atoms with Crippen molar-refractivity contribution in [3.05, 3.63) is 0 Å². The molecule has 0 aromatic heterocycles. The molecule has 3 aliphatic heterocycles. The summed E-state index contributed by atoms with van der Waals surface area (Å²) in [5.41, 5.74) is -0.408. The van der Waals surface area contributed by atoms with Crippen LogP contribution < -0.4 is 16.0 Å². The molecular weight excluding hydrogens is 913 g/mol. The van der Waals surface area contributed by atoms with Gasteiger partial charge in [0.15, 0.2) is 0 Å². The molecule has 378 valence electrons. The van der Waals surface area contributed by atoms with E-state index in [-0.39, 0.29) is 62.9 Å². The number of carbonyl (C=O) groups is 3. The van der Waals surface area contributed by atoms with Crippen molar-refractivity contribution in [2.24, 2.45) is 17.8 Å². The second-order valence-corrected chi connectivity index (χ2v) is 28.8. The number of ether oxygens (including phenoxy) is 2. The zero-order valence-electron chi connectivity index (χ0n) is 44.3. The fourth-order valence-electron chi connectivity index (χ4n) is 10.00. The van der Waals surface area contributed by atoms with Crippen LogP contribution in [0.25, 0.3) is 0 Å². The van der Waals surface area contributed by atoms with Gasteiger partial charge in [-0.25, -0.2) is 0 Å². The van der Waals surface area contributed by atoms with E-state index in [1.165, 1.54) is 38.5 Å². The van der Waals surface area contributed by atoms with Crippen molar-refractivity contribution < 1.29 is 37.1 Å². The molecule has 64 heavy (non-hydrogen) atoms. The Morgan fingerprint density at radius 2 is 0.766 bits per heavy atom. The molecule has 0 aliphatic carbocycles. The van der Waals surface area contributed by atoms with Gasteiger partial charge >= 0.3 is 83.2 Å². The van der Waals surface area contributed by atoms with Crippen molar-refractivity contribution >= 4 is 37.5 Å². The summed E-state index contributed by atoms with van der Waals surface area (Å²) in [5.74, 6) is 0.164. The van der Waals surface area contributed by atoms with Crippen molar-refractivity contribution in [2.75, 3.05) is 26.4 Å². The van der Waals surface area contributed by atoms with E-state index in [1.54, 1.807) is 6.92 Å². The van der Waals surface area contributed by atoms with Crippen LogP contribution in [0.4, 0.5) is 0 Å². The van der Waals surface area contributed by atoms with Crippen LogP contribution in [-0.4, -0.2) is 107 Å². The minimum absolute atomic E-state index is 0.0255. The number of aliphatic hydroxyl groups excluding tert-OH is 2. The quantitative estimate of drug-likeness (QED) is 0.0336. The van der Waals surface area contributed by atoms with Crippen LogP contribution in [0.5, 0.6) is 0 Å². The zero-order valence-corrected chi connectivity index (χ0v) is 47.1.